The van der Waals surface area contributed by atoms with E-state index >= 15 is 0 Å². The van der Waals surface area contributed by atoms with Gasteiger partial charge in [0, 0.05) is 6.61 Å². The van der Waals surface area contributed by atoms with Gasteiger partial charge in [-0.1, -0.05) is 0 Å². The summed E-state index contributed by atoms with van der Waals surface area (Å²) in [5.41, 5.74) is 0. The van der Waals surface area contributed by atoms with Crippen LogP contribution in [-0.4, -0.2) is 19.3 Å². The highest BCUT2D eigenvalue weighted by Gasteiger charge is 2.07. The minimum atomic E-state index is 0.271. The number of hydrogen-bond donors (Lipinski definition) is 1. The normalized spacial score (nSPS) is 13.3. The van der Waals surface area contributed by atoms with Gasteiger partial charge in [-0.05, 0) is 52.8 Å². The van der Waals surface area contributed by atoms with Gasteiger partial charge in [0.05, 0.1) is 12.1 Å². The second-order valence-electron chi connectivity index (χ2n) is 4.40. The monoisotopic (exact) mass is 225 g/mol. The summed E-state index contributed by atoms with van der Waals surface area (Å²) in [6.07, 6.45) is 1.35. The molecule has 0 radical (unpaired) electrons. The molecule has 1 unspecified atom stereocenters. The Labute approximate surface area is 98.2 Å². The summed E-state index contributed by atoms with van der Waals surface area (Å²) in [5, 5.41) is 3.41. The number of rotatable bonds is 7. The number of furan rings is 1. The van der Waals surface area contributed by atoms with Crippen LogP contribution in [0.15, 0.2) is 16.5 Å². The second kappa shape index (κ2) is 6.71. The average Bonchev–Trinajstić information content (AvgIpc) is 2.63. The molecule has 0 fully saturated rings. The predicted molar refractivity (Wildman–Crippen MR) is 65.6 cm³/mol. The summed E-state index contributed by atoms with van der Waals surface area (Å²) in [7, 11) is 0. The van der Waals surface area contributed by atoms with Crippen molar-refractivity contribution in [3.63, 3.8) is 0 Å². The van der Waals surface area contributed by atoms with Gasteiger partial charge in [-0.25, -0.2) is 0 Å². The van der Waals surface area contributed by atoms with Crippen molar-refractivity contribution < 1.29 is 9.15 Å². The van der Waals surface area contributed by atoms with Crippen molar-refractivity contribution in [3.8, 4) is 0 Å². The first-order valence-corrected chi connectivity index (χ1v) is 6.01. The SMILES string of the molecule is Cc1ccc(C(C)NCCCOC(C)C)o1. The van der Waals surface area contributed by atoms with Crippen LogP contribution in [-0.2, 0) is 4.74 Å². The van der Waals surface area contributed by atoms with Crippen LogP contribution in [0.4, 0.5) is 0 Å². The first-order chi connectivity index (χ1) is 7.59. The highest BCUT2D eigenvalue weighted by atomic mass is 16.5. The second-order valence-corrected chi connectivity index (χ2v) is 4.40. The number of nitrogens with one attached hydrogen (secondary N) is 1. The van der Waals surface area contributed by atoms with Crippen molar-refractivity contribution in [2.45, 2.75) is 46.3 Å². The van der Waals surface area contributed by atoms with Gasteiger partial charge in [0.25, 0.3) is 0 Å². The van der Waals surface area contributed by atoms with Gasteiger partial charge in [0.2, 0.25) is 0 Å². The van der Waals surface area contributed by atoms with E-state index in [-0.39, 0.29) is 6.04 Å². The Balaban J connectivity index is 2.13. The molecule has 0 saturated carbocycles. The van der Waals surface area contributed by atoms with Crippen molar-refractivity contribution >= 4 is 0 Å². The van der Waals surface area contributed by atoms with Crippen molar-refractivity contribution in [2.75, 3.05) is 13.2 Å². The third-order valence-electron chi connectivity index (χ3n) is 2.41. The van der Waals surface area contributed by atoms with E-state index in [9.17, 15) is 0 Å². The van der Waals surface area contributed by atoms with Crippen LogP contribution < -0.4 is 5.32 Å². The van der Waals surface area contributed by atoms with Crippen LogP contribution in [0, 0.1) is 6.92 Å². The standard InChI is InChI=1S/C13H23NO2/c1-10(2)15-9-5-8-14-12(4)13-7-6-11(3)16-13/h6-7,10,12,14H,5,8-9H2,1-4H3. The van der Waals surface area contributed by atoms with E-state index in [4.69, 9.17) is 9.15 Å². The van der Waals surface area contributed by atoms with Crippen LogP contribution in [0.1, 0.15) is 44.8 Å². The zero-order valence-electron chi connectivity index (χ0n) is 10.7. The van der Waals surface area contributed by atoms with Gasteiger partial charge in [0.1, 0.15) is 11.5 Å². The van der Waals surface area contributed by atoms with E-state index in [1.54, 1.807) is 0 Å². The molecule has 0 aliphatic rings. The molecule has 16 heavy (non-hydrogen) atoms. The molecule has 3 nitrogen and oxygen atoms in total. The molecule has 1 aromatic heterocycles. The van der Waals surface area contributed by atoms with Gasteiger partial charge in [-0.15, -0.1) is 0 Å². The van der Waals surface area contributed by atoms with E-state index in [2.05, 4.69) is 26.1 Å². The molecule has 1 N–H and O–H groups in total. The predicted octanol–water partition coefficient (Wildman–Crippen LogP) is 3.05. The maximum absolute atomic E-state index is 5.55. The van der Waals surface area contributed by atoms with Crippen molar-refractivity contribution in [2.24, 2.45) is 0 Å². The third kappa shape index (κ3) is 4.81. The number of aryl methyl sites for hydroxylation is 1. The fourth-order valence-corrected chi connectivity index (χ4v) is 1.50. The Bertz CT molecular complexity index is 294. The molecule has 1 rings (SSSR count). The van der Waals surface area contributed by atoms with Gasteiger partial charge in [0.15, 0.2) is 0 Å². The highest BCUT2D eigenvalue weighted by molar-refractivity contribution is 5.08. The third-order valence-corrected chi connectivity index (χ3v) is 2.41. The lowest BCUT2D eigenvalue weighted by Crippen LogP contribution is -2.21. The Morgan fingerprint density at radius 3 is 2.62 bits per heavy atom. The molecule has 0 saturated heterocycles. The molecule has 0 bridgehead atoms. The Morgan fingerprint density at radius 2 is 2.06 bits per heavy atom. The molecule has 1 aromatic rings. The van der Waals surface area contributed by atoms with E-state index in [1.807, 2.05) is 19.1 Å². The molecular weight excluding hydrogens is 202 g/mol. The molecule has 1 heterocycles. The van der Waals surface area contributed by atoms with Gasteiger partial charge in [-0.2, -0.15) is 0 Å². The van der Waals surface area contributed by atoms with Crippen molar-refractivity contribution in [1.29, 1.82) is 0 Å². The summed E-state index contributed by atoms with van der Waals surface area (Å²) < 4.78 is 11.0. The molecule has 0 aliphatic carbocycles. The van der Waals surface area contributed by atoms with Crippen LogP contribution in [0.2, 0.25) is 0 Å². The lowest BCUT2D eigenvalue weighted by Gasteiger charge is -2.12. The van der Waals surface area contributed by atoms with Crippen LogP contribution in [0.25, 0.3) is 0 Å². The molecule has 0 aromatic carbocycles. The van der Waals surface area contributed by atoms with E-state index in [0.29, 0.717) is 6.10 Å². The maximum atomic E-state index is 5.55. The largest absolute Gasteiger partial charge is 0.465 e. The molecule has 3 heteroatoms. The summed E-state index contributed by atoms with van der Waals surface area (Å²) in [6, 6.07) is 4.29. The average molecular weight is 225 g/mol. The minimum Gasteiger partial charge on any atom is -0.465 e. The van der Waals surface area contributed by atoms with Crippen LogP contribution in [0.3, 0.4) is 0 Å². The zero-order valence-corrected chi connectivity index (χ0v) is 10.7. The Hall–Kier alpha value is -0.800. The van der Waals surface area contributed by atoms with Gasteiger partial charge >= 0.3 is 0 Å². The molecule has 0 aliphatic heterocycles. The summed E-state index contributed by atoms with van der Waals surface area (Å²) in [5.74, 6) is 1.97. The minimum absolute atomic E-state index is 0.271. The van der Waals surface area contributed by atoms with Gasteiger partial charge < -0.3 is 14.5 Å². The van der Waals surface area contributed by atoms with Crippen LogP contribution in [0.5, 0.6) is 0 Å². The van der Waals surface area contributed by atoms with E-state index < -0.39 is 0 Å². The molecule has 1 atom stereocenters. The lowest BCUT2D eigenvalue weighted by atomic mass is 10.2. The van der Waals surface area contributed by atoms with Gasteiger partial charge in [-0.3, -0.25) is 0 Å². The summed E-state index contributed by atoms with van der Waals surface area (Å²) in [6.45, 7) is 9.96. The first kappa shape index (κ1) is 13.3. The quantitative estimate of drug-likeness (QED) is 0.724. The maximum Gasteiger partial charge on any atom is 0.120 e. The fraction of sp³-hybridized carbons (Fsp3) is 0.692. The number of ether oxygens (including phenoxy) is 1. The summed E-state index contributed by atoms with van der Waals surface area (Å²) in [4.78, 5) is 0. The highest BCUT2D eigenvalue weighted by Crippen LogP contribution is 2.15. The molecule has 92 valence electrons. The molecule has 0 amide bonds. The topological polar surface area (TPSA) is 34.4 Å². The Kier molecular flexibility index (Phi) is 5.56. The van der Waals surface area contributed by atoms with Crippen molar-refractivity contribution in [3.05, 3.63) is 23.7 Å². The lowest BCUT2D eigenvalue weighted by molar-refractivity contribution is 0.0766. The molecule has 0 spiro atoms. The Morgan fingerprint density at radius 1 is 1.31 bits per heavy atom. The first-order valence-electron chi connectivity index (χ1n) is 6.01. The smallest absolute Gasteiger partial charge is 0.120 e. The molecular formula is C13H23NO2. The zero-order chi connectivity index (χ0) is 12.0. The summed E-state index contributed by atoms with van der Waals surface area (Å²) >= 11 is 0. The fourth-order valence-electron chi connectivity index (χ4n) is 1.50. The van der Waals surface area contributed by atoms with Crippen molar-refractivity contribution in [1.82, 2.24) is 5.32 Å². The van der Waals surface area contributed by atoms with Crippen LogP contribution >= 0.6 is 0 Å². The number of hydrogen-bond acceptors (Lipinski definition) is 3. The van der Waals surface area contributed by atoms with E-state index in [0.717, 1.165) is 31.1 Å². The van der Waals surface area contributed by atoms with E-state index in [1.165, 1.54) is 0 Å².